The zero-order valence-corrected chi connectivity index (χ0v) is 17.4. The quantitative estimate of drug-likeness (QED) is 0.615. The molecule has 1 saturated heterocycles. The van der Waals surface area contributed by atoms with Gasteiger partial charge in [-0.05, 0) is 36.2 Å². The van der Waals surface area contributed by atoms with Gasteiger partial charge < -0.3 is 10.2 Å². The number of pyridine rings is 1. The van der Waals surface area contributed by atoms with E-state index in [0.29, 0.717) is 35.9 Å². The van der Waals surface area contributed by atoms with Gasteiger partial charge in [-0.3, -0.25) is 14.1 Å². The van der Waals surface area contributed by atoms with Gasteiger partial charge in [0.2, 0.25) is 5.90 Å². The second-order valence-electron chi connectivity index (χ2n) is 8.06. The van der Waals surface area contributed by atoms with Gasteiger partial charge in [-0.15, -0.1) is 5.48 Å². The van der Waals surface area contributed by atoms with Crippen molar-refractivity contribution in [1.29, 1.82) is 0 Å². The molecule has 1 atom stereocenters. The lowest BCUT2D eigenvalue weighted by Crippen LogP contribution is -2.56. The smallest absolute Gasteiger partial charge is 0.274 e. The maximum absolute atomic E-state index is 12.9. The molecule has 0 aliphatic carbocycles. The molecule has 4 heterocycles. The van der Waals surface area contributed by atoms with Crippen molar-refractivity contribution in [3.8, 4) is 0 Å². The van der Waals surface area contributed by atoms with Crippen LogP contribution in [0.15, 0.2) is 53.8 Å². The molecule has 0 saturated carbocycles. The van der Waals surface area contributed by atoms with Crippen LogP contribution < -0.4 is 10.8 Å². The third-order valence-corrected chi connectivity index (χ3v) is 5.59. The highest BCUT2D eigenvalue weighted by molar-refractivity contribution is 6.04. The van der Waals surface area contributed by atoms with Crippen LogP contribution in [0.4, 0.5) is 14.5 Å². The zero-order chi connectivity index (χ0) is 22.3. The van der Waals surface area contributed by atoms with Gasteiger partial charge in [0.05, 0.1) is 19.3 Å². The van der Waals surface area contributed by atoms with Gasteiger partial charge in [0.15, 0.2) is 6.17 Å². The molecule has 8 nitrogen and oxygen atoms in total. The maximum atomic E-state index is 12.9. The van der Waals surface area contributed by atoms with Gasteiger partial charge in [-0.2, -0.15) is 0 Å². The van der Waals surface area contributed by atoms with Crippen LogP contribution in [0.25, 0.3) is 5.65 Å². The first-order valence-corrected chi connectivity index (χ1v) is 10.3. The fourth-order valence-electron chi connectivity index (χ4n) is 3.83. The average molecular weight is 440 g/mol. The lowest BCUT2D eigenvalue weighted by molar-refractivity contribution is -0.129. The summed E-state index contributed by atoms with van der Waals surface area (Å²) < 4.78 is 27.6. The molecule has 1 amide bonds. The van der Waals surface area contributed by atoms with Crippen LogP contribution in [0, 0.1) is 6.92 Å². The summed E-state index contributed by atoms with van der Waals surface area (Å²) in [4.78, 5) is 28.7. The van der Waals surface area contributed by atoms with Crippen molar-refractivity contribution in [2.24, 2.45) is 4.99 Å². The molecule has 166 valence electrons. The molecule has 2 N–H and O–H groups in total. The summed E-state index contributed by atoms with van der Waals surface area (Å²) in [7, 11) is 0. The minimum Gasteiger partial charge on any atom is -0.391 e. The number of rotatable bonds is 6. The van der Waals surface area contributed by atoms with E-state index in [0.717, 1.165) is 11.1 Å². The number of amides is 1. The number of nitrogens with zero attached hydrogens (tertiary/aromatic N) is 4. The average Bonchev–Trinajstić information content (AvgIpc) is 3.39. The van der Waals surface area contributed by atoms with Crippen molar-refractivity contribution in [2.75, 3.05) is 25.0 Å². The number of likely N-dealkylation sites (tertiary alicyclic amines) is 1. The molecule has 2 aliphatic heterocycles. The number of fused-ring (bicyclic) bond motifs is 1. The minimum atomic E-state index is -2.58. The van der Waals surface area contributed by atoms with Crippen molar-refractivity contribution in [3.05, 3.63) is 65.6 Å². The highest BCUT2D eigenvalue weighted by atomic mass is 19.3. The minimum absolute atomic E-state index is 0.218. The molecule has 0 spiro atoms. The van der Waals surface area contributed by atoms with Gasteiger partial charge >= 0.3 is 0 Å². The molecular formula is C22H22F2N6O2. The molecule has 3 aromatic rings. The van der Waals surface area contributed by atoms with Gasteiger partial charge in [-0.1, -0.05) is 18.2 Å². The topological polar surface area (TPSA) is 83.3 Å². The van der Waals surface area contributed by atoms with Crippen molar-refractivity contribution in [3.63, 3.8) is 0 Å². The molecule has 10 heteroatoms. The SMILES string of the molecule is Cc1ccc(C2N=C(CCN3CC(F)(F)C3)ON2)cc1NC(=O)c1cnc2ccccn12. The van der Waals surface area contributed by atoms with Crippen LogP contribution in [0.2, 0.25) is 0 Å². The number of halogens is 2. The van der Waals surface area contributed by atoms with Gasteiger partial charge in [0.25, 0.3) is 11.8 Å². The molecule has 2 aliphatic rings. The highest BCUT2D eigenvalue weighted by Gasteiger charge is 2.43. The second-order valence-corrected chi connectivity index (χ2v) is 8.06. The zero-order valence-electron chi connectivity index (χ0n) is 17.4. The summed E-state index contributed by atoms with van der Waals surface area (Å²) in [5, 5.41) is 2.95. The molecule has 0 radical (unpaired) electrons. The Morgan fingerprint density at radius 1 is 1.31 bits per heavy atom. The summed E-state index contributed by atoms with van der Waals surface area (Å²) in [6.07, 6.45) is 3.34. The van der Waals surface area contributed by atoms with E-state index in [1.807, 2.05) is 43.3 Å². The van der Waals surface area contributed by atoms with E-state index in [4.69, 9.17) is 4.84 Å². The summed E-state index contributed by atoms with van der Waals surface area (Å²) >= 11 is 0. The van der Waals surface area contributed by atoms with E-state index in [-0.39, 0.29) is 19.0 Å². The Balaban J connectivity index is 1.27. The highest BCUT2D eigenvalue weighted by Crippen LogP contribution is 2.28. The lowest BCUT2D eigenvalue weighted by atomic mass is 10.1. The van der Waals surface area contributed by atoms with Crippen LogP contribution >= 0.6 is 0 Å². The number of aliphatic imine (C=N–C) groups is 1. The van der Waals surface area contributed by atoms with E-state index < -0.39 is 12.1 Å². The first kappa shape index (κ1) is 20.5. The number of hydrogen-bond acceptors (Lipinski definition) is 6. The Hall–Kier alpha value is -3.37. The Bertz CT molecular complexity index is 1200. The van der Waals surface area contributed by atoms with Crippen LogP contribution in [0.5, 0.6) is 0 Å². The Morgan fingerprint density at radius 2 is 2.16 bits per heavy atom. The summed E-state index contributed by atoms with van der Waals surface area (Å²) in [5.41, 5.74) is 6.36. The van der Waals surface area contributed by atoms with Gasteiger partial charge in [-0.25, -0.2) is 18.8 Å². The second kappa shape index (κ2) is 7.95. The number of carbonyl (C=O) groups excluding carboxylic acids is 1. The molecule has 1 unspecified atom stereocenters. The number of carbonyl (C=O) groups is 1. The fraction of sp³-hybridized carbons (Fsp3) is 0.318. The molecule has 32 heavy (non-hydrogen) atoms. The Morgan fingerprint density at radius 3 is 2.97 bits per heavy atom. The predicted octanol–water partition coefficient (Wildman–Crippen LogP) is 3.17. The molecule has 5 rings (SSSR count). The largest absolute Gasteiger partial charge is 0.391 e. The number of hydrogen-bond donors (Lipinski definition) is 2. The first-order chi connectivity index (χ1) is 15.4. The molecule has 1 aromatic carbocycles. The van der Waals surface area contributed by atoms with E-state index >= 15 is 0 Å². The maximum Gasteiger partial charge on any atom is 0.274 e. The van der Waals surface area contributed by atoms with Gasteiger partial charge in [0, 0.05) is 24.8 Å². The van der Waals surface area contributed by atoms with E-state index in [9.17, 15) is 13.6 Å². The Labute approximate surface area is 182 Å². The number of anilines is 1. The third kappa shape index (κ3) is 4.06. The standard InChI is InChI=1S/C22H22F2N6O2/c1-14-5-6-15(20-27-19(32-28-20)7-9-29-12-22(23,24)13-29)10-16(14)26-21(31)17-11-25-18-4-2-3-8-30(17)18/h2-6,8,10-11,20,28H,7,9,12-13H2,1H3,(H,26,31). The number of hydroxylamine groups is 1. The monoisotopic (exact) mass is 440 g/mol. The number of alkyl halides is 2. The molecular weight excluding hydrogens is 418 g/mol. The van der Waals surface area contributed by atoms with Gasteiger partial charge in [0.1, 0.15) is 11.3 Å². The molecule has 1 fully saturated rings. The number of nitrogens with one attached hydrogen (secondary N) is 2. The molecule has 2 aromatic heterocycles. The van der Waals surface area contributed by atoms with E-state index in [1.165, 1.54) is 0 Å². The predicted molar refractivity (Wildman–Crippen MR) is 115 cm³/mol. The van der Waals surface area contributed by atoms with Crippen LogP contribution in [0.1, 0.15) is 34.2 Å². The van der Waals surface area contributed by atoms with Crippen molar-refractivity contribution < 1.29 is 18.4 Å². The number of aryl methyl sites for hydroxylation is 1. The third-order valence-electron chi connectivity index (χ3n) is 5.59. The summed E-state index contributed by atoms with van der Waals surface area (Å²) in [5.74, 6) is -2.37. The van der Waals surface area contributed by atoms with E-state index in [1.54, 1.807) is 21.7 Å². The Kier molecular flexibility index (Phi) is 5.10. The van der Waals surface area contributed by atoms with E-state index in [2.05, 4.69) is 20.8 Å². The van der Waals surface area contributed by atoms with Crippen LogP contribution in [0.3, 0.4) is 0 Å². The summed E-state index contributed by atoms with van der Waals surface area (Å²) in [6, 6.07) is 11.2. The molecule has 0 bridgehead atoms. The van der Waals surface area contributed by atoms with Crippen LogP contribution in [-0.2, 0) is 4.84 Å². The van der Waals surface area contributed by atoms with Crippen molar-refractivity contribution >= 4 is 23.1 Å². The van der Waals surface area contributed by atoms with Crippen molar-refractivity contribution in [1.82, 2.24) is 19.8 Å². The number of imidazole rings is 1. The van der Waals surface area contributed by atoms with Crippen molar-refractivity contribution in [2.45, 2.75) is 25.4 Å². The normalized spacial score (nSPS) is 20.0. The van der Waals surface area contributed by atoms with Crippen LogP contribution in [-0.4, -0.2) is 51.6 Å². The first-order valence-electron chi connectivity index (χ1n) is 10.3. The number of benzene rings is 1. The summed E-state index contributed by atoms with van der Waals surface area (Å²) in [6.45, 7) is 1.94. The number of aromatic nitrogens is 2. The lowest BCUT2D eigenvalue weighted by Gasteiger charge is -2.38. The fourth-order valence-corrected chi connectivity index (χ4v) is 3.83.